The molecule has 0 aromatic heterocycles. The smallest absolute Gasteiger partial charge is 0.243 e. The van der Waals surface area contributed by atoms with Crippen molar-refractivity contribution in [1.82, 2.24) is 4.31 Å². The van der Waals surface area contributed by atoms with Crippen LogP contribution in [-0.4, -0.2) is 52.2 Å². The molecule has 1 fully saturated rings. The van der Waals surface area contributed by atoms with E-state index in [4.69, 9.17) is 15.2 Å². The first kappa shape index (κ1) is 16.4. The van der Waals surface area contributed by atoms with Gasteiger partial charge in [-0.25, -0.2) is 8.42 Å². The molecule has 3 atom stereocenters. The lowest BCUT2D eigenvalue weighted by atomic mass is 10.1. The highest BCUT2D eigenvalue weighted by atomic mass is 32.2. The maximum absolute atomic E-state index is 12.7. The summed E-state index contributed by atoms with van der Waals surface area (Å²) in [5.74, 6) is 0. The van der Waals surface area contributed by atoms with Crippen molar-refractivity contribution in [3.8, 4) is 0 Å². The Hall–Kier alpha value is -0.990. The van der Waals surface area contributed by atoms with E-state index >= 15 is 0 Å². The fraction of sp³-hybridized carbons (Fsp3) is 0.571. The van der Waals surface area contributed by atoms with Gasteiger partial charge in [-0.3, -0.25) is 0 Å². The molecule has 0 aliphatic carbocycles. The fourth-order valence-electron chi connectivity index (χ4n) is 2.47. The van der Waals surface area contributed by atoms with Gasteiger partial charge in [0.25, 0.3) is 0 Å². The third kappa shape index (κ3) is 3.27. The molecule has 1 aromatic carbocycles. The predicted molar refractivity (Wildman–Crippen MR) is 79.4 cm³/mol. The molecule has 6 nitrogen and oxygen atoms in total. The van der Waals surface area contributed by atoms with E-state index in [1.165, 1.54) is 4.31 Å². The van der Waals surface area contributed by atoms with Gasteiger partial charge in [-0.1, -0.05) is 12.1 Å². The molecule has 1 aliphatic heterocycles. The van der Waals surface area contributed by atoms with E-state index in [-0.39, 0.29) is 23.1 Å². The molecule has 1 heterocycles. The zero-order chi connectivity index (χ0) is 15.6. The Bertz CT molecular complexity index is 576. The van der Waals surface area contributed by atoms with E-state index in [1.807, 2.05) is 13.0 Å². The fourth-order valence-corrected chi connectivity index (χ4v) is 3.99. The van der Waals surface area contributed by atoms with Crippen LogP contribution in [0.25, 0.3) is 0 Å². The molecule has 0 amide bonds. The van der Waals surface area contributed by atoms with Gasteiger partial charge in [0.1, 0.15) is 0 Å². The molecular weight excluding hydrogens is 292 g/mol. The van der Waals surface area contributed by atoms with Crippen molar-refractivity contribution < 1.29 is 17.9 Å². The van der Waals surface area contributed by atoms with E-state index in [9.17, 15) is 8.42 Å². The van der Waals surface area contributed by atoms with Gasteiger partial charge < -0.3 is 15.2 Å². The van der Waals surface area contributed by atoms with Crippen LogP contribution >= 0.6 is 0 Å². The summed E-state index contributed by atoms with van der Waals surface area (Å²) in [5, 5.41) is 0. The quantitative estimate of drug-likeness (QED) is 0.867. The second-order valence-corrected chi connectivity index (χ2v) is 7.17. The standard InChI is InChI=1S/C14H22N2O4S/c1-10(15)11-5-4-6-12(7-11)21(17,18)16-8-13(19-2)14(9-16)20-3/h4-7,10,13-14H,8-9,15H2,1-3H3. The highest BCUT2D eigenvalue weighted by Gasteiger charge is 2.39. The first-order chi connectivity index (χ1) is 9.90. The third-order valence-electron chi connectivity index (χ3n) is 3.81. The van der Waals surface area contributed by atoms with Crippen LogP contribution in [0.3, 0.4) is 0 Å². The minimum Gasteiger partial charge on any atom is -0.377 e. The number of ether oxygens (including phenoxy) is 2. The zero-order valence-corrected chi connectivity index (χ0v) is 13.3. The van der Waals surface area contributed by atoms with Gasteiger partial charge in [0.15, 0.2) is 0 Å². The van der Waals surface area contributed by atoms with Crippen LogP contribution in [0.1, 0.15) is 18.5 Å². The average Bonchev–Trinajstić information content (AvgIpc) is 2.91. The molecule has 2 N–H and O–H groups in total. The van der Waals surface area contributed by atoms with Crippen LogP contribution in [0.4, 0.5) is 0 Å². The van der Waals surface area contributed by atoms with E-state index in [0.717, 1.165) is 5.56 Å². The number of hydrogen-bond acceptors (Lipinski definition) is 5. The van der Waals surface area contributed by atoms with Crippen LogP contribution in [-0.2, 0) is 19.5 Å². The molecular formula is C14H22N2O4S. The minimum absolute atomic E-state index is 0.211. The van der Waals surface area contributed by atoms with Gasteiger partial charge in [-0.2, -0.15) is 4.31 Å². The van der Waals surface area contributed by atoms with Gasteiger partial charge >= 0.3 is 0 Å². The lowest BCUT2D eigenvalue weighted by Gasteiger charge is -2.17. The molecule has 0 saturated carbocycles. The molecule has 0 bridgehead atoms. The number of methoxy groups -OCH3 is 2. The molecule has 3 unspecified atom stereocenters. The van der Waals surface area contributed by atoms with Crippen molar-refractivity contribution >= 4 is 10.0 Å². The Morgan fingerprint density at radius 2 is 1.81 bits per heavy atom. The van der Waals surface area contributed by atoms with Crippen molar-refractivity contribution in [2.24, 2.45) is 5.73 Å². The maximum atomic E-state index is 12.7. The molecule has 1 aromatic rings. The number of benzene rings is 1. The van der Waals surface area contributed by atoms with Crippen LogP contribution in [0.15, 0.2) is 29.2 Å². The molecule has 0 radical (unpaired) electrons. The van der Waals surface area contributed by atoms with Gasteiger partial charge in [0.05, 0.1) is 17.1 Å². The normalized spacial score (nSPS) is 25.1. The lowest BCUT2D eigenvalue weighted by molar-refractivity contribution is -0.00461. The lowest BCUT2D eigenvalue weighted by Crippen LogP contribution is -2.30. The van der Waals surface area contributed by atoms with Gasteiger partial charge in [0, 0.05) is 33.4 Å². The maximum Gasteiger partial charge on any atom is 0.243 e. The van der Waals surface area contributed by atoms with Gasteiger partial charge in [0.2, 0.25) is 10.0 Å². The number of sulfonamides is 1. The van der Waals surface area contributed by atoms with E-state index in [2.05, 4.69) is 0 Å². The van der Waals surface area contributed by atoms with Crippen LogP contribution in [0, 0.1) is 0 Å². The Morgan fingerprint density at radius 1 is 1.24 bits per heavy atom. The molecule has 0 spiro atoms. The summed E-state index contributed by atoms with van der Waals surface area (Å²) in [6.07, 6.45) is -0.497. The summed E-state index contributed by atoms with van der Waals surface area (Å²) in [6.45, 7) is 2.41. The second-order valence-electron chi connectivity index (χ2n) is 5.23. The Kier molecular flexibility index (Phi) is 5.00. The first-order valence-electron chi connectivity index (χ1n) is 6.81. The topological polar surface area (TPSA) is 81.9 Å². The Balaban J connectivity index is 2.29. The molecule has 2 rings (SSSR count). The first-order valence-corrected chi connectivity index (χ1v) is 8.25. The molecule has 118 valence electrons. The highest BCUT2D eigenvalue weighted by molar-refractivity contribution is 7.89. The SMILES string of the molecule is COC1CN(S(=O)(=O)c2cccc(C(C)N)c2)CC1OC. The highest BCUT2D eigenvalue weighted by Crippen LogP contribution is 2.25. The Labute approximate surface area is 125 Å². The van der Waals surface area contributed by atoms with Crippen molar-refractivity contribution in [3.05, 3.63) is 29.8 Å². The van der Waals surface area contributed by atoms with Crippen molar-refractivity contribution in [2.45, 2.75) is 30.1 Å². The summed E-state index contributed by atoms with van der Waals surface area (Å²) >= 11 is 0. The predicted octanol–water partition coefficient (Wildman–Crippen LogP) is 0.741. The molecule has 1 saturated heterocycles. The summed E-state index contributed by atoms with van der Waals surface area (Å²) in [5.41, 5.74) is 6.61. The van der Waals surface area contributed by atoms with E-state index < -0.39 is 10.0 Å². The molecule has 21 heavy (non-hydrogen) atoms. The van der Waals surface area contributed by atoms with Gasteiger partial charge in [-0.15, -0.1) is 0 Å². The van der Waals surface area contributed by atoms with Crippen LogP contribution in [0.2, 0.25) is 0 Å². The van der Waals surface area contributed by atoms with Crippen molar-refractivity contribution in [3.63, 3.8) is 0 Å². The van der Waals surface area contributed by atoms with Crippen molar-refractivity contribution in [1.29, 1.82) is 0 Å². The largest absolute Gasteiger partial charge is 0.377 e. The summed E-state index contributed by atoms with van der Waals surface area (Å²) in [6, 6.07) is 6.54. The zero-order valence-electron chi connectivity index (χ0n) is 12.5. The van der Waals surface area contributed by atoms with Crippen LogP contribution < -0.4 is 5.73 Å². The summed E-state index contributed by atoms with van der Waals surface area (Å²) in [7, 11) is -0.445. The minimum atomic E-state index is -3.56. The number of nitrogens with two attached hydrogens (primary N) is 1. The van der Waals surface area contributed by atoms with Crippen molar-refractivity contribution in [2.75, 3.05) is 27.3 Å². The third-order valence-corrected chi connectivity index (χ3v) is 5.64. The monoisotopic (exact) mass is 314 g/mol. The Morgan fingerprint density at radius 3 is 2.29 bits per heavy atom. The van der Waals surface area contributed by atoms with Gasteiger partial charge in [-0.05, 0) is 24.6 Å². The summed E-state index contributed by atoms with van der Waals surface area (Å²) in [4.78, 5) is 0.254. The van der Waals surface area contributed by atoms with Crippen LogP contribution in [0.5, 0.6) is 0 Å². The summed E-state index contributed by atoms with van der Waals surface area (Å²) < 4.78 is 37.4. The van der Waals surface area contributed by atoms with E-state index in [0.29, 0.717) is 13.1 Å². The average molecular weight is 314 g/mol. The van der Waals surface area contributed by atoms with E-state index in [1.54, 1.807) is 32.4 Å². The number of rotatable bonds is 5. The molecule has 1 aliphatic rings. The number of nitrogens with zero attached hydrogens (tertiary/aromatic N) is 1. The molecule has 7 heteroatoms. The second kappa shape index (κ2) is 6.41. The number of hydrogen-bond donors (Lipinski definition) is 1.